The molecule has 0 aromatic carbocycles. The fourth-order valence-electron chi connectivity index (χ4n) is 0.470. The minimum atomic E-state index is -1.27. The Morgan fingerprint density at radius 1 is 1.23 bits per heavy atom. The first kappa shape index (κ1) is 11.2. The van der Waals surface area contributed by atoms with Crippen LogP contribution in [0.1, 0.15) is 6.92 Å². The Morgan fingerprint density at radius 2 is 1.77 bits per heavy atom. The molecule has 0 radical (unpaired) electrons. The highest BCUT2D eigenvalue weighted by molar-refractivity contribution is 5.95. The molecule has 13 heavy (non-hydrogen) atoms. The van der Waals surface area contributed by atoms with E-state index in [1.807, 2.05) is 5.32 Å². The quantitative estimate of drug-likeness (QED) is 0.500. The van der Waals surface area contributed by atoms with Gasteiger partial charge in [-0.3, -0.25) is 9.59 Å². The number of amides is 1. The van der Waals surface area contributed by atoms with Gasteiger partial charge in [0.15, 0.2) is 0 Å². The van der Waals surface area contributed by atoms with Gasteiger partial charge in [-0.05, 0) is 6.92 Å². The van der Waals surface area contributed by atoms with Crippen molar-refractivity contribution in [3.05, 3.63) is 12.2 Å². The van der Waals surface area contributed by atoms with Crippen LogP contribution in [0.3, 0.4) is 0 Å². The Bertz CT molecular complexity index is 258. The van der Waals surface area contributed by atoms with Crippen LogP contribution in [-0.2, 0) is 14.4 Å². The molecule has 0 saturated heterocycles. The van der Waals surface area contributed by atoms with E-state index in [2.05, 4.69) is 0 Å². The number of carbonyl (C=O) groups is 3. The first-order valence-electron chi connectivity index (χ1n) is 3.37. The molecule has 6 nitrogen and oxygen atoms in total. The number of hydrogen-bond acceptors (Lipinski definition) is 3. The summed E-state index contributed by atoms with van der Waals surface area (Å²) in [7, 11) is 0. The first-order chi connectivity index (χ1) is 5.93. The highest BCUT2D eigenvalue weighted by atomic mass is 16.4. The molecule has 0 saturated carbocycles. The molecule has 0 aromatic rings. The second-order valence-electron chi connectivity index (χ2n) is 2.24. The largest absolute Gasteiger partial charge is 0.480 e. The van der Waals surface area contributed by atoms with E-state index in [4.69, 9.17) is 10.2 Å². The normalized spacial score (nSPS) is 12.4. The molecule has 0 bridgehead atoms. The van der Waals surface area contributed by atoms with E-state index in [-0.39, 0.29) is 0 Å². The van der Waals surface area contributed by atoms with E-state index in [1.165, 1.54) is 6.92 Å². The van der Waals surface area contributed by atoms with Crippen molar-refractivity contribution in [2.75, 3.05) is 0 Å². The molecule has 1 amide bonds. The van der Waals surface area contributed by atoms with Crippen molar-refractivity contribution in [2.24, 2.45) is 0 Å². The number of nitrogens with one attached hydrogen (secondary N) is 1. The van der Waals surface area contributed by atoms with Crippen molar-refractivity contribution < 1.29 is 24.6 Å². The van der Waals surface area contributed by atoms with E-state index in [1.54, 1.807) is 0 Å². The maximum Gasteiger partial charge on any atom is 0.328 e. The first-order valence-corrected chi connectivity index (χ1v) is 3.37. The van der Waals surface area contributed by atoms with Crippen LogP contribution in [0, 0.1) is 0 Å². The molecule has 3 N–H and O–H groups in total. The summed E-state index contributed by atoms with van der Waals surface area (Å²) in [5, 5.41) is 18.5. The third kappa shape index (κ3) is 5.42. The standard InChI is InChI=1S/C7H9NO5/c1-4(7(12)13)8-5(9)2-3-6(10)11/h2-4H,1H3,(H,8,9)(H,10,11)(H,12,13)/b3-2-/t4-/m1/s1. The lowest BCUT2D eigenvalue weighted by Crippen LogP contribution is -2.37. The summed E-state index contributed by atoms with van der Waals surface area (Å²) in [6, 6.07) is -1.04. The Labute approximate surface area is 73.9 Å². The van der Waals surface area contributed by atoms with Crippen LogP contribution in [0.5, 0.6) is 0 Å². The highest BCUT2D eigenvalue weighted by Gasteiger charge is 2.11. The van der Waals surface area contributed by atoms with Gasteiger partial charge in [0.05, 0.1) is 0 Å². The van der Waals surface area contributed by atoms with Crippen molar-refractivity contribution in [3.63, 3.8) is 0 Å². The van der Waals surface area contributed by atoms with Crippen LogP contribution in [0.2, 0.25) is 0 Å². The second kappa shape index (κ2) is 4.91. The van der Waals surface area contributed by atoms with Crippen LogP contribution >= 0.6 is 0 Å². The number of carbonyl (C=O) groups excluding carboxylic acids is 1. The smallest absolute Gasteiger partial charge is 0.328 e. The Morgan fingerprint density at radius 3 is 2.15 bits per heavy atom. The Kier molecular flexibility index (Phi) is 4.21. The summed E-state index contributed by atoms with van der Waals surface area (Å²) in [6.45, 7) is 1.27. The number of aliphatic carboxylic acids is 2. The minimum absolute atomic E-state index is 0.629. The van der Waals surface area contributed by atoms with E-state index in [9.17, 15) is 14.4 Å². The van der Waals surface area contributed by atoms with E-state index in [0.717, 1.165) is 6.08 Å². The van der Waals surface area contributed by atoms with Gasteiger partial charge in [0.2, 0.25) is 5.91 Å². The van der Waals surface area contributed by atoms with Crippen molar-refractivity contribution in [1.82, 2.24) is 5.32 Å². The Hall–Kier alpha value is -1.85. The fourth-order valence-corrected chi connectivity index (χ4v) is 0.470. The molecule has 0 aliphatic rings. The predicted molar refractivity (Wildman–Crippen MR) is 42.0 cm³/mol. The molecule has 0 aliphatic carbocycles. The zero-order chi connectivity index (χ0) is 10.4. The molecule has 0 heterocycles. The maximum absolute atomic E-state index is 10.7. The van der Waals surface area contributed by atoms with Crippen molar-refractivity contribution in [3.8, 4) is 0 Å². The summed E-state index contributed by atoms with van der Waals surface area (Å²) >= 11 is 0. The number of hydrogen-bond donors (Lipinski definition) is 3. The van der Waals surface area contributed by atoms with E-state index >= 15 is 0 Å². The van der Waals surface area contributed by atoms with Crippen LogP contribution in [0.15, 0.2) is 12.2 Å². The van der Waals surface area contributed by atoms with Gasteiger partial charge in [-0.1, -0.05) is 0 Å². The SMILES string of the molecule is C[C@@H](NC(=O)/C=C\C(=O)O)C(=O)O. The molecular formula is C7H9NO5. The molecule has 1 atom stereocenters. The van der Waals surface area contributed by atoms with Crippen LogP contribution in [0.25, 0.3) is 0 Å². The van der Waals surface area contributed by atoms with Gasteiger partial charge in [0, 0.05) is 12.2 Å². The third-order valence-corrected chi connectivity index (χ3v) is 1.11. The fraction of sp³-hybridized carbons (Fsp3) is 0.286. The zero-order valence-corrected chi connectivity index (χ0v) is 6.85. The van der Waals surface area contributed by atoms with Gasteiger partial charge in [-0.2, -0.15) is 0 Å². The molecule has 0 aliphatic heterocycles. The highest BCUT2D eigenvalue weighted by Crippen LogP contribution is 1.82. The lowest BCUT2D eigenvalue weighted by molar-refractivity contribution is -0.140. The molecule has 0 unspecified atom stereocenters. The number of carboxylic acid groups (broad SMARTS) is 2. The molecule has 0 spiro atoms. The van der Waals surface area contributed by atoms with Gasteiger partial charge in [-0.25, -0.2) is 4.79 Å². The van der Waals surface area contributed by atoms with Crippen LogP contribution in [0.4, 0.5) is 0 Å². The Balaban J connectivity index is 4.02. The third-order valence-electron chi connectivity index (χ3n) is 1.11. The predicted octanol–water partition coefficient (Wildman–Crippen LogP) is -0.783. The summed E-state index contributed by atoms with van der Waals surface area (Å²) in [6.07, 6.45) is 1.38. The van der Waals surface area contributed by atoms with Gasteiger partial charge >= 0.3 is 11.9 Å². The molecule has 0 fully saturated rings. The second-order valence-corrected chi connectivity index (χ2v) is 2.24. The van der Waals surface area contributed by atoms with Crippen molar-refractivity contribution in [1.29, 1.82) is 0 Å². The summed E-state index contributed by atoms with van der Waals surface area (Å²) < 4.78 is 0. The lowest BCUT2D eigenvalue weighted by Gasteiger charge is -2.05. The van der Waals surface area contributed by atoms with Crippen LogP contribution < -0.4 is 5.32 Å². The number of carboxylic acids is 2. The summed E-state index contributed by atoms with van der Waals surface area (Å²) in [4.78, 5) is 30.9. The van der Waals surface area contributed by atoms with Gasteiger partial charge in [0.1, 0.15) is 6.04 Å². The summed E-state index contributed by atoms with van der Waals surface area (Å²) in [5.74, 6) is -3.20. The topological polar surface area (TPSA) is 104 Å². The average Bonchev–Trinajstić information content (AvgIpc) is 2.00. The minimum Gasteiger partial charge on any atom is -0.480 e. The van der Waals surface area contributed by atoms with Crippen molar-refractivity contribution >= 4 is 17.8 Å². The number of rotatable bonds is 4. The molecule has 6 heteroatoms. The van der Waals surface area contributed by atoms with E-state index < -0.39 is 23.9 Å². The van der Waals surface area contributed by atoms with E-state index in [0.29, 0.717) is 6.08 Å². The monoisotopic (exact) mass is 187 g/mol. The zero-order valence-electron chi connectivity index (χ0n) is 6.85. The average molecular weight is 187 g/mol. The molecule has 72 valence electrons. The molecular weight excluding hydrogens is 178 g/mol. The summed E-state index contributed by atoms with van der Waals surface area (Å²) in [5.41, 5.74) is 0. The van der Waals surface area contributed by atoms with Crippen LogP contribution in [-0.4, -0.2) is 34.1 Å². The lowest BCUT2D eigenvalue weighted by atomic mass is 10.3. The van der Waals surface area contributed by atoms with Gasteiger partial charge in [0.25, 0.3) is 0 Å². The maximum atomic E-state index is 10.7. The van der Waals surface area contributed by atoms with Gasteiger partial charge < -0.3 is 15.5 Å². The van der Waals surface area contributed by atoms with Gasteiger partial charge in [-0.15, -0.1) is 0 Å². The molecule has 0 aromatic heterocycles. The molecule has 0 rings (SSSR count). The van der Waals surface area contributed by atoms with Crippen molar-refractivity contribution in [2.45, 2.75) is 13.0 Å².